The normalized spacial score (nSPS) is 15.0. The van der Waals surface area contributed by atoms with E-state index < -0.39 is 18.0 Å². The van der Waals surface area contributed by atoms with Gasteiger partial charge in [0.15, 0.2) is 16.3 Å². The number of methoxy groups -OCH3 is 1. The Balaban J connectivity index is 1.92. The smallest absolute Gasteiger partial charge is 0.338 e. The Labute approximate surface area is 223 Å². The van der Waals surface area contributed by atoms with Crippen LogP contribution in [0.15, 0.2) is 63.5 Å². The lowest BCUT2D eigenvalue weighted by molar-refractivity contribution is -0.139. The van der Waals surface area contributed by atoms with Gasteiger partial charge in [-0.05, 0) is 50.6 Å². The zero-order valence-corrected chi connectivity index (χ0v) is 22.6. The molecule has 10 heteroatoms. The number of carbonyl (C=O) groups excluding carboxylic acids is 2. The van der Waals surface area contributed by atoms with Crippen LogP contribution in [0.4, 0.5) is 0 Å². The van der Waals surface area contributed by atoms with Gasteiger partial charge in [0, 0.05) is 12.5 Å². The van der Waals surface area contributed by atoms with Crippen LogP contribution in [0.25, 0.3) is 6.08 Å². The third-order valence-corrected chi connectivity index (χ3v) is 6.75. The molecular formula is C28H28N2O7S. The van der Waals surface area contributed by atoms with Crippen LogP contribution in [-0.2, 0) is 14.3 Å². The molecule has 0 saturated heterocycles. The van der Waals surface area contributed by atoms with E-state index in [2.05, 4.69) is 4.99 Å². The Hall–Kier alpha value is -4.18. The first-order valence-electron chi connectivity index (χ1n) is 12.1. The number of rotatable bonds is 8. The minimum atomic E-state index is -0.783. The molecule has 0 amide bonds. The van der Waals surface area contributed by atoms with Crippen molar-refractivity contribution in [1.82, 2.24) is 4.57 Å². The van der Waals surface area contributed by atoms with Crippen molar-refractivity contribution in [2.24, 2.45) is 4.99 Å². The van der Waals surface area contributed by atoms with Crippen molar-refractivity contribution < 1.29 is 28.5 Å². The third kappa shape index (κ3) is 5.26. The highest BCUT2D eigenvalue weighted by Crippen LogP contribution is 2.35. The molecule has 0 saturated carbocycles. The predicted octanol–water partition coefficient (Wildman–Crippen LogP) is 3.13. The van der Waals surface area contributed by atoms with E-state index in [0.29, 0.717) is 50.0 Å². The van der Waals surface area contributed by atoms with Gasteiger partial charge in [-0.25, -0.2) is 9.79 Å². The quantitative estimate of drug-likeness (QED) is 0.322. The fourth-order valence-corrected chi connectivity index (χ4v) is 5.30. The first-order valence-corrected chi connectivity index (χ1v) is 12.9. The standard InChI is InChI=1S/C28H28N2O7S/c1-6-35-22-14-18(12-13-21(22)37-17(4)31)15-23-26(32)30-25(19-10-8-9-11-20(19)34-5)24(27(33)36-7-2)16(3)29-28(30)38-23/h8-15,25H,6-7H2,1-5H3/b23-15-/t25-/m1/s1. The van der Waals surface area contributed by atoms with Gasteiger partial charge >= 0.3 is 11.9 Å². The molecule has 38 heavy (non-hydrogen) atoms. The first-order chi connectivity index (χ1) is 18.3. The number of para-hydroxylation sites is 1. The highest BCUT2D eigenvalue weighted by Gasteiger charge is 2.34. The summed E-state index contributed by atoms with van der Waals surface area (Å²) in [5.41, 5.74) is 1.74. The number of esters is 2. The number of thiazole rings is 1. The lowest BCUT2D eigenvalue weighted by Gasteiger charge is -2.25. The lowest BCUT2D eigenvalue weighted by atomic mass is 9.95. The molecular weight excluding hydrogens is 508 g/mol. The Kier molecular flexibility index (Phi) is 8.11. The summed E-state index contributed by atoms with van der Waals surface area (Å²) in [6.45, 7) is 7.15. The highest BCUT2D eigenvalue weighted by molar-refractivity contribution is 7.07. The molecule has 1 aliphatic heterocycles. The van der Waals surface area contributed by atoms with Crippen molar-refractivity contribution in [2.45, 2.75) is 33.7 Å². The van der Waals surface area contributed by atoms with E-state index in [4.69, 9.17) is 18.9 Å². The maximum atomic E-state index is 13.8. The van der Waals surface area contributed by atoms with E-state index in [1.807, 2.05) is 25.1 Å². The SMILES string of the molecule is CCOC(=O)C1=C(C)N=c2s/c(=C\c3ccc(OC(C)=O)c(OCC)c3)c(=O)n2[C@@H]1c1ccccc1OC. The monoisotopic (exact) mass is 536 g/mol. The molecule has 0 radical (unpaired) electrons. The van der Waals surface area contributed by atoms with Crippen LogP contribution in [0.3, 0.4) is 0 Å². The molecule has 3 aromatic rings. The summed E-state index contributed by atoms with van der Waals surface area (Å²) < 4.78 is 23.7. The molecule has 1 atom stereocenters. The number of fused-ring (bicyclic) bond motifs is 1. The van der Waals surface area contributed by atoms with Gasteiger partial charge < -0.3 is 18.9 Å². The summed E-state index contributed by atoms with van der Waals surface area (Å²) in [4.78, 5) is 43.4. The van der Waals surface area contributed by atoms with Gasteiger partial charge in [0.2, 0.25) is 0 Å². The topological polar surface area (TPSA) is 105 Å². The number of benzene rings is 2. The van der Waals surface area contributed by atoms with Crippen LogP contribution in [0.1, 0.15) is 44.9 Å². The summed E-state index contributed by atoms with van der Waals surface area (Å²) in [7, 11) is 1.54. The van der Waals surface area contributed by atoms with Gasteiger partial charge in [-0.2, -0.15) is 0 Å². The second-order valence-electron chi connectivity index (χ2n) is 8.28. The van der Waals surface area contributed by atoms with E-state index in [-0.39, 0.29) is 17.7 Å². The molecule has 2 aromatic carbocycles. The van der Waals surface area contributed by atoms with Crippen molar-refractivity contribution >= 4 is 29.4 Å². The minimum Gasteiger partial charge on any atom is -0.496 e. The van der Waals surface area contributed by atoms with Crippen molar-refractivity contribution in [1.29, 1.82) is 0 Å². The average molecular weight is 537 g/mol. The number of nitrogens with zero attached hydrogens (tertiary/aromatic N) is 2. The summed E-state index contributed by atoms with van der Waals surface area (Å²) in [6.07, 6.45) is 1.71. The van der Waals surface area contributed by atoms with Crippen LogP contribution < -0.4 is 29.1 Å². The number of allylic oxidation sites excluding steroid dienone is 1. The molecule has 0 fully saturated rings. The Bertz CT molecular complexity index is 1600. The molecule has 9 nitrogen and oxygen atoms in total. The molecule has 4 rings (SSSR count). The average Bonchev–Trinajstić information content (AvgIpc) is 3.18. The zero-order chi connectivity index (χ0) is 27.4. The second-order valence-corrected chi connectivity index (χ2v) is 9.29. The molecule has 2 heterocycles. The number of hydrogen-bond donors (Lipinski definition) is 0. The van der Waals surface area contributed by atoms with Crippen LogP contribution in [-0.4, -0.2) is 36.8 Å². The van der Waals surface area contributed by atoms with Crippen LogP contribution in [0, 0.1) is 0 Å². The van der Waals surface area contributed by atoms with E-state index in [1.165, 1.54) is 22.8 Å². The van der Waals surface area contributed by atoms with E-state index in [0.717, 1.165) is 0 Å². The second kappa shape index (κ2) is 11.5. The van der Waals surface area contributed by atoms with Crippen LogP contribution in [0.5, 0.6) is 17.2 Å². The molecule has 0 bridgehead atoms. The Morgan fingerprint density at radius 2 is 1.84 bits per heavy atom. The van der Waals surface area contributed by atoms with E-state index >= 15 is 0 Å². The zero-order valence-electron chi connectivity index (χ0n) is 21.8. The van der Waals surface area contributed by atoms with Gasteiger partial charge in [-0.15, -0.1) is 0 Å². The predicted molar refractivity (Wildman–Crippen MR) is 142 cm³/mol. The largest absolute Gasteiger partial charge is 0.496 e. The summed E-state index contributed by atoms with van der Waals surface area (Å²) in [5, 5.41) is 0. The third-order valence-electron chi connectivity index (χ3n) is 5.77. The van der Waals surface area contributed by atoms with Gasteiger partial charge in [0.25, 0.3) is 5.56 Å². The van der Waals surface area contributed by atoms with Gasteiger partial charge in [-0.3, -0.25) is 14.2 Å². The Morgan fingerprint density at radius 3 is 2.53 bits per heavy atom. The molecule has 0 spiro atoms. The fourth-order valence-electron chi connectivity index (χ4n) is 4.25. The van der Waals surface area contributed by atoms with Crippen molar-refractivity contribution in [2.75, 3.05) is 20.3 Å². The van der Waals surface area contributed by atoms with Gasteiger partial charge in [0.1, 0.15) is 11.8 Å². The number of ether oxygens (including phenoxy) is 4. The number of hydrogen-bond acceptors (Lipinski definition) is 9. The maximum Gasteiger partial charge on any atom is 0.338 e. The molecule has 0 unspecified atom stereocenters. The number of aromatic nitrogens is 1. The lowest BCUT2D eigenvalue weighted by Crippen LogP contribution is -2.40. The number of carbonyl (C=O) groups is 2. The molecule has 0 aliphatic carbocycles. The molecule has 1 aromatic heterocycles. The van der Waals surface area contributed by atoms with Gasteiger partial charge in [-0.1, -0.05) is 35.6 Å². The summed E-state index contributed by atoms with van der Waals surface area (Å²) in [6, 6.07) is 11.5. The van der Waals surface area contributed by atoms with Gasteiger partial charge in [0.05, 0.1) is 36.1 Å². The molecule has 1 aliphatic rings. The molecule has 0 N–H and O–H groups in total. The molecule has 198 valence electrons. The maximum absolute atomic E-state index is 13.8. The fraction of sp³-hybridized carbons (Fsp3) is 0.286. The summed E-state index contributed by atoms with van der Waals surface area (Å²) >= 11 is 1.21. The summed E-state index contributed by atoms with van der Waals surface area (Å²) in [5.74, 6) is 0.212. The van der Waals surface area contributed by atoms with Crippen molar-refractivity contribution in [3.05, 3.63) is 84.5 Å². The van der Waals surface area contributed by atoms with Crippen molar-refractivity contribution in [3.8, 4) is 17.2 Å². The van der Waals surface area contributed by atoms with E-state index in [9.17, 15) is 14.4 Å². The van der Waals surface area contributed by atoms with E-state index in [1.54, 1.807) is 51.3 Å². The van der Waals surface area contributed by atoms with Crippen LogP contribution >= 0.6 is 11.3 Å². The minimum absolute atomic E-state index is 0.185. The Morgan fingerprint density at radius 1 is 1.08 bits per heavy atom. The first kappa shape index (κ1) is 26.9. The van der Waals surface area contributed by atoms with Crippen LogP contribution in [0.2, 0.25) is 0 Å². The highest BCUT2D eigenvalue weighted by atomic mass is 32.1. The van der Waals surface area contributed by atoms with Crippen molar-refractivity contribution in [3.63, 3.8) is 0 Å².